The van der Waals surface area contributed by atoms with Crippen LogP contribution in [0, 0.1) is 5.82 Å². The highest BCUT2D eigenvalue weighted by molar-refractivity contribution is 5.94. The standard InChI is InChI=1S/C9H10FNO/c1-2-11-9(12)7-4-3-5-8(10)6-7/h3-6H,2H2,1H3,(H,11,12). The summed E-state index contributed by atoms with van der Waals surface area (Å²) >= 11 is 0. The van der Waals surface area contributed by atoms with Crippen molar-refractivity contribution in [3.8, 4) is 0 Å². The monoisotopic (exact) mass is 167 g/mol. The lowest BCUT2D eigenvalue weighted by molar-refractivity contribution is 0.0955. The van der Waals surface area contributed by atoms with Crippen LogP contribution in [-0.4, -0.2) is 12.5 Å². The van der Waals surface area contributed by atoms with Gasteiger partial charge in [0.05, 0.1) is 0 Å². The third-order valence-electron chi connectivity index (χ3n) is 1.42. The second-order valence-corrected chi connectivity index (χ2v) is 2.37. The van der Waals surface area contributed by atoms with Gasteiger partial charge in [-0.2, -0.15) is 0 Å². The van der Waals surface area contributed by atoms with Crippen LogP contribution in [0.25, 0.3) is 0 Å². The number of hydrogen-bond acceptors (Lipinski definition) is 1. The molecule has 1 aromatic rings. The van der Waals surface area contributed by atoms with E-state index in [0.717, 1.165) is 0 Å². The summed E-state index contributed by atoms with van der Waals surface area (Å²) in [5.74, 6) is -0.629. The van der Waals surface area contributed by atoms with Gasteiger partial charge in [-0.05, 0) is 25.1 Å². The zero-order chi connectivity index (χ0) is 8.97. The molecule has 64 valence electrons. The number of benzene rings is 1. The fourth-order valence-corrected chi connectivity index (χ4v) is 0.892. The second-order valence-electron chi connectivity index (χ2n) is 2.37. The second kappa shape index (κ2) is 3.85. The molecular formula is C9H10FNO. The summed E-state index contributed by atoms with van der Waals surface area (Å²) < 4.78 is 12.6. The van der Waals surface area contributed by atoms with E-state index in [9.17, 15) is 9.18 Å². The van der Waals surface area contributed by atoms with E-state index in [4.69, 9.17) is 0 Å². The molecule has 0 unspecified atom stereocenters. The summed E-state index contributed by atoms with van der Waals surface area (Å²) in [4.78, 5) is 11.1. The maximum Gasteiger partial charge on any atom is 0.251 e. The Kier molecular flexibility index (Phi) is 2.80. The molecular weight excluding hydrogens is 157 g/mol. The minimum atomic E-state index is -0.390. The summed E-state index contributed by atoms with van der Waals surface area (Å²) in [5.41, 5.74) is 0.358. The molecule has 2 nitrogen and oxygen atoms in total. The molecule has 1 N–H and O–H groups in total. The molecule has 0 fully saturated rings. The molecule has 0 radical (unpaired) electrons. The molecule has 0 heterocycles. The highest BCUT2D eigenvalue weighted by atomic mass is 19.1. The number of hydrogen-bond donors (Lipinski definition) is 1. The van der Waals surface area contributed by atoms with Crippen molar-refractivity contribution in [1.82, 2.24) is 5.32 Å². The quantitative estimate of drug-likeness (QED) is 0.711. The summed E-state index contributed by atoms with van der Waals surface area (Å²) in [6.07, 6.45) is 0. The van der Waals surface area contributed by atoms with Crippen molar-refractivity contribution in [3.63, 3.8) is 0 Å². The van der Waals surface area contributed by atoms with Crippen LogP contribution in [0.4, 0.5) is 4.39 Å². The molecule has 0 atom stereocenters. The smallest absolute Gasteiger partial charge is 0.251 e. The average Bonchev–Trinajstić information content (AvgIpc) is 2.05. The minimum Gasteiger partial charge on any atom is -0.352 e. The number of carbonyl (C=O) groups excluding carboxylic acids is 1. The molecule has 0 bridgehead atoms. The van der Waals surface area contributed by atoms with Crippen molar-refractivity contribution in [2.45, 2.75) is 6.92 Å². The number of carbonyl (C=O) groups is 1. The summed E-state index contributed by atoms with van der Waals surface area (Å²) in [6, 6.07) is 5.61. The van der Waals surface area contributed by atoms with E-state index in [2.05, 4.69) is 5.32 Å². The van der Waals surface area contributed by atoms with E-state index >= 15 is 0 Å². The summed E-state index contributed by atoms with van der Waals surface area (Å²) in [5, 5.41) is 2.58. The Morgan fingerprint density at radius 2 is 2.33 bits per heavy atom. The highest BCUT2D eigenvalue weighted by Gasteiger charge is 2.03. The Bertz CT molecular complexity index is 286. The van der Waals surface area contributed by atoms with Gasteiger partial charge in [-0.25, -0.2) is 4.39 Å². The SMILES string of the molecule is CCNC(=O)c1cccc(F)c1. The lowest BCUT2D eigenvalue weighted by Crippen LogP contribution is -2.22. The van der Waals surface area contributed by atoms with Gasteiger partial charge in [0.2, 0.25) is 0 Å². The first kappa shape index (κ1) is 8.71. The fraction of sp³-hybridized carbons (Fsp3) is 0.222. The molecule has 0 saturated heterocycles. The van der Waals surface area contributed by atoms with Crippen molar-refractivity contribution in [3.05, 3.63) is 35.6 Å². The zero-order valence-electron chi connectivity index (χ0n) is 6.80. The van der Waals surface area contributed by atoms with E-state index in [1.165, 1.54) is 18.2 Å². The first-order chi connectivity index (χ1) is 5.74. The molecule has 12 heavy (non-hydrogen) atoms. The Balaban J connectivity index is 2.81. The van der Waals surface area contributed by atoms with E-state index in [1.54, 1.807) is 6.07 Å². The molecule has 0 aliphatic heterocycles. The first-order valence-corrected chi connectivity index (χ1v) is 3.78. The lowest BCUT2D eigenvalue weighted by Gasteiger charge is -2.00. The number of nitrogens with one attached hydrogen (secondary N) is 1. The van der Waals surface area contributed by atoms with E-state index in [0.29, 0.717) is 12.1 Å². The van der Waals surface area contributed by atoms with Gasteiger partial charge >= 0.3 is 0 Å². The minimum absolute atomic E-state index is 0.239. The molecule has 1 rings (SSSR count). The largest absolute Gasteiger partial charge is 0.352 e. The van der Waals surface area contributed by atoms with Crippen molar-refractivity contribution < 1.29 is 9.18 Å². The van der Waals surface area contributed by atoms with Crippen molar-refractivity contribution >= 4 is 5.91 Å². The maximum atomic E-state index is 12.6. The molecule has 3 heteroatoms. The van der Waals surface area contributed by atoms with E-state index in [1.807, 2.05) is 6.92 Å². The van der Waals surface area contributed by atoms with Crippen LogP contribution in [0.15, 0.2) is 24.3 Å². The van der Waals surface area contributed by atoms with E-state index in [-0.39, 0.29) is 5.91 Å². The molecule has 1 aromatic carbocycles. The van der Waals surface area contributed by atoms with Crippen LogP contribution in [0.5, 0.6) is 0 Å². The topological polar surface area (TPSA) is 29.1 Å². The van der Waals surface area contributed by atoms with Gasteiger partial charge in [0.15, 0.2) is 0 Å². The molecule has 0 aromatic heterocycles. The van der Waals surface area contributed by atoms with Gasteiger partial charge in [-0.1, -0.05) is 6.07 Å². The van der Waals surface area contributed by atoms with Gasteiger partial charge in [-0.3, -0.25) is 4.79 Å². The van der Waals surface area contributed by atoms with Crippen molar-refractivity contribution in [2.24, 2.45) is 0 Å². The molecule has 0 aliphatic carbocycles. The van der Waals surface area contributed by atoms with Crippen LogP contribution in [0.3, 0.4) is 0 Å². The Morgan fingerprint density at radius 1 is 1.58 bits per heavy atom. The number of amides is 1. The van der Waals surface area contributed by atoms with Crippen LogP contribution in [-0.2, 0) is 0 Å². The third-order valence-corrected chi connectivity index (χ3v) is 1.42. The first-order valence-electron chi connectivity index (χ1n) is 3.78. The molecule has 0 saturated carbocycles. The van der Waals surface area contributed by atoms with Crippen molar-refractivity contribution in [2.75, 3.05) is 6.54 Å². The summed E-state index contributed by atoms with van der Waals surface area (Å²) in [7, 11) is 0. The zero-order valence-corrected chi connectivity index (χ0v) is 6.80. The molecule has 1 amide bonds. The molecule has 0 spiro atoms. The molecule has 0 aliphatic rings. The Morgan fingerprint density at radius 3 is 2.92 bits per heavy atom. The summed E-state index contributed by atoms with van der Waals surface area (Å²) in [6.45, 7) is 2.37. The predicted molar refractivity (Wildman–Crippen MR) is 44.4 cm³/mol. The van der Waals surface area contributed by atoms with Gasteiger partial charge in [-0.15, -0.1) is 0 Å². The van der Waals surface area contributed by atoms with Crippen LogP contribution >= 0.6 is 0 Å². The van der Waals surface area contributed by atoms with Gasteiger partial charge < -0.3 is 5.32 Å². The van der Waals surface area contributed by atoms with Crippen LogP contribution in [0.1, 0.15) is 17.3 Å². The van der Waals surface area contributed by atoms with Gasteiger partial charge in [0.1, 0.15) is 5.82 Å². The number of halogens is 1. The fourth-order valence-electron chi connectivity index (χ4n) is 0.892. The third kappa shape index (κ3) is 2.05. The van der Waals surface area contributed by atoms with Gasteiger partial charge in [0, 0.05) is 12.1 Å². The van der Waals surface area contributed by atoms with E-state index < -0.39 is 5.82 Å². The Labute approximate surface area is 70.4 Å². The van der Waals surface area contributed by atoms with Crippen molar-refractivity contribution in [1.29, 1.82) is 0 Å². The normalized spacial score (nSPS) is 9.50. The number of rotatable bonds is 2. The van der Waals surface area contributed by atoms with Gasteiger partial charge in [0.25, 0.3) is 5.91 Å². The average molecular weight is 167 g/mol. The highest BCUT2D eigenvalue weighted by Crippen LogP contribution is 2.02. The van der Waals surface area contributed by atoms with Crippen LogP contribution < -0.4 is 5.32 Å². The maximum absolute atomic E-state index is 12.6. The Hall–Kier alpha value is -1.38. The predicted octanol–water partition coefficient (Wildman–Crippen LogP) is 1.58. The van der Waals surface area contributed by atoms with Crippen LogP contribution in [0.2, 0.25) is 0 Å². The lowest BCUT2D eigenvalue weighted by atomic mass is 10.2.